The summed E-state index contributed by atoms with van der Waals surface area (Å²) in [5, 5.41) is 7.22. The zero-order valence-corrected chi connectivity index (χ0v) is 11.2. The predicted octanol–water partition coefficient (Wildman–Crippen LogP) is 1.86. The van der Waals surface area contributed by atoms with Crippen molar-refractivity contribution in [3.8, 4) is 0 Å². The van der Waals surface area contributed by atoms with Crippen LogP contribution in [0.4, 0.5) is 0 Å². The Hall–Kier alpha value is -0.160. The van der Waals surface area contributed by atoms with Crippen LogP contribution < -0.4 is 0 Å². The monoisotopic (exact) mass is 250 g/mol. The van der Waals surface area contributed by atoms with Gasteiger partial charge in [0.25, 0.3) is 0 Å². The molecule has 4 aliphatic rings. The lowest BCUT2D eigenvalue weighted by molar-refractivity contribution is -0.268. The van der Waals surface area contributed by atoms with Crippen molar-refractivity contribution < 1.29 is 4.84 Å². The molecule has 0 spiro atoms. The fraction of sp³-hybridized carbons (Fsp3) is 0.929. The van der Waals surface area contributed by atoms with Gasteiger partial charge in [0.05, 0.1) is 0 Å². The van der Waals surface area contributed by atoms with Gasteiger partial charge in [0, 0.05) is 39.1 Å². The van der Waals surface area contributed by atoms with Crippen LogP contribution in [0.5, 0.6) is 0 Å². The van der Waals surface area contributed by atoms with Crippen LogP contribution in [0.25, 0.3) is 0 Å². The first kappa shape index (κ1) is 11.6. The maximum absolute atomic E-state index is 6.12. The molecular weight excluding hydrogens is 226 g/mol. The van der Waals surface area contributed by atoms with Gasteiger partial charge in [0.15, 0.2) is 0 Å². The van der Waals surface area contributed by atoms with Crippen LogP contribution in [-0.2, 0) is 4.84 Å². The van der Waals surface area contributed by atoms with Gasteiger partial charge in [-0.1, -0.05) is 0 Å². The minimum atomic E-state index is 0.838. The van der Waals surface area contributed by atoms with Crippen molar-refractivity contribution in [2.24, 2.45) is 11.8 Å². The maximum atomic E-state index is 6.12. The second-order valence-electron chi connectivity index (χ2n) is 6.42. The summed E-state index contributed by atoms with van der Waals surface area (Å²) >= 11 is 0. The van der Waals surface area contributed by atoms with Crippen LogP contribution in [0, 0.1) is 18.1 Å². The van der Waals surface area contributed by atoms with Gasteiger partial charge >= 0.3 is 0 Å². The van der Waals surface area contributed by atoms with Crippen molar-refractivity contribution >= 4 is 0 Å². The molecule has 4 saturated heterocycles. The zero-order chi connectivity index (χ0) is 11.9. The summed E-state index contributed by atoms with van der Waals surface area (Å²) in [6, 6.07) is 0. The number of hydroxylamine groups is 2. The third kappa shape index (κ3) is 2.09. The molecule has 1 radical (unpaired) electrons. The molecule has 18 heavy (non-hydrogen) atoms. The lowest BCUT2D eigenvalue weighted by atomic mass is 9.91. The first-order valence-electron chi connectivity index (χ1n) is 7.69. The molecule has 0 amide bonds. The molecule has 0 N–H and O–H groups in total. The van der Waals surface area contributed by atoms with Gasteiger partial charge < -0.3 is 0 Å². The Kier molecular flexibility index (Phi) is 3.07. The molecule has 0 aromatic heterocycles. The van der Waals surface area contributed by atoms with Crippen molar-refractivity contribution in [1.82, 2.24) is 15.1 Å². The Bertz CT molecular complexity index is 299. The molecule has 4 fully saturated rings. The van der Waals surface area contributed by atoms with Crippen LogP contribution in [0.1, 0.15) is 38.5 Å². The highest BCUT2D eigenvalue weighted by molar-refractivity contribution is 4.91. The Morgan fingerprint density at radius 3 is 2.72 bits per heavy atom. The van der Waals surface area contributed by atoms with E-state index in [4.69, 9.17) is 4.84 Å². The summed E-state index contributed by atoms with van der Waals surface area (Å²) in [5.74, 6) is 1.78. The molecule has 4 heterocycles. The number of fused-ring (bicyclic) bond motifs is 4. The Balaban J connectivity index is 1.46. The van der Waals surface area contributed by atoms with E-state index in [-0.39, 0.29) is 0 Å². The number of rotatable bonds is 1. The van der Waals surface area contributed by atoms with Crippen molar-refractivity contribution in [2.75, 3.05) is 32.7 Å². The highest BCUT2D eigenvalue weighted by atomic mass is 16.7. The third-order valence-corrected chi connectivity index (χ3v) is 5.06. The summed E-state index contributed by atoms with van der Waals surface area (Å²) in [7, 11) is 0. The van der Waals surface area contributed by atoms with E-state index in [2.05, 4.69) is 15.1 Å². The molecule has 4 bridgehead atoms. The smallest absolute Gasteiger partial charge is 0.201 e. The van der Waals surface area contributed by atoms with E-state index in [1.54, 1.807) is 0 Å². The van der Waals surface area contributed by atoms with Gasteiger partial charge in [-0.3, -0.25) is 4.84 Å². The lowest BCUT2D eigenvalue weighted by Crippen LogP contribution is -2.57. The molecule has 0 aromatic rings. The van der Waals surface area contributed by atoms with E-state index in [9.17, 15) is 0 Å². The van der Waals surface area contributed by atoms with Gasteiger partial charge in [-0.25, -0.2) is 10.0 Å². The molecule has 0 aromatic carbocycles. The number of piperidine rings is 2. The van der Waals surface area contributed by atoms with Gasteiger partial charge in [0.1, 0.15) is 0 Å². The van der Waals surface area contributed by atoms with E-state index >= 15 is 0 Å². The normalized spacial score (nSPS) is 46.0. The molecule has 4 rings (SSSR count). The van der Waals surface area contributed by atoms with Crippen LogP contribution in [0.2, 0.25) is 0 Å². The van der Waals surface area contributed by atoms with Crippen LogP contribution in [0.3, 0.4) is 0 Å². The average molecular weight is 250 g/mol. The predicted molar refractivity (Wildman–Crippen MR) is 68.9 cm³/mol. The molecule has 0 aliphatic carbocycles. The highest BCUT2D eigenvalue weighted by Gasteiger charge is 2.40. The molecule has 4 nitrogen and oxygen atoms in total. The highest BCUT2D eigenvalue weighted by Crippen LogP contribution is 2.37. The van der Waals surface area contributed by atoms with Gasteiger partial charge in [-0.2, -0.15) is 5.06 Å². The Morgan fingerprint density at radius 2 is 1.78 bits per heavy atom. The van der Waals surface area contributed by atoms with Crippen LogP contribution >= 0.6 is 0 Å². The van der Waals surface area contributed by atoms with E-state index in [0.717, 1.165) is 31.3 Å². The van der Waals surface area contributed by atoms with Gasteiger partial charge in [0.2, 0.25) is 6.23 Å². The number of hydrogen-bond donors (Lipinski definition) is 0. The van der Waals surface area contributed by atoms with Crippen molar-refractivity contribution in [3.63, 3.8) is 0 Å². The minimum Gasteiger partial charge on any atom is -0.270 e. The van der Waals surface area contributed by atoms with E-state index in [1.165, 1.54) is 58.0 Å². The number of hydrogen-bond acceptors (Lipinski definition) is 4. The zero-order valence-electron chi connectivity index (χ0n) is 11.2. The Labute approximate surface area is 110 Å². The van der Waals surface area contributed by atoms with Crippen LogP contribution in [0.15, 0.2) is 0 Å². The number of nitrogens with zero attached hydrogens (tertiary/aromatic N) is 3. The number of hydrazine groups is 1. The molecular formula is C14H24N3O. The first-order chi connectivity index (χ1) is 8.88. The lowest BCUT2D eigenvalue weighted by Gasteiger charge is -2.51. The summed E-state index contributed by atoms with van der Waals surface area (Å²) in [5.41, 5.74) is 0. The third-order valence-electron chi connectivity index (χ3n) is 5.06. The standard InChI is InChI=1S/C14H24N3O/c1-3-12-5-8-17(15(6-1)10-12)14-9-13-4-2-7-16(11-13)18-14/h12-13H,1-11H2. The SMILES string of the molecule is C1CC2C[C](N3CCC4CCCN3C4)ON(C1)C2. The van der Waals surface area contributed by atoms with Crippen molar-refractivity contribution in [3.05, 3.63) is 6.23 Å². The summed E-state index contributed by atoms with van der Waals surface area (Å²) in [4.78, 5) is 6.12. The van der Waals surface area contributed by atoms with E-state index < -0.39 is 0 Å². The Morgan fingerprint density at radius 1 is 0.889 bits per heavy atom. The maximum Gasteiger partial charge on any atom is 0.201 e. The quantitative estimate of drug-likeness (QED) is 0.707. The molecule has 0 saturated carbocycles. The molecule has 101 valence electrons. The summed E-state index contributed by atoms with van der Waals surface area (Å²) in [6.07, 6.45) is 9.26. The first-order valence-corrected chi connectivity index (χ1v) is 7.69. The van der Waals surface area contributed by atoms with Crippen molar-refractivity contribution in [1.29, 1.82) is 0 Å². The molecule has 4 unspecified atom stereocenters. The second kappa shape index (κ2) is 4.75. The van der Waals surface area contributed by atoms with E-state index in [0.29, 0.717) is 0 Å². The fourth-order valence-corrected chi connectivity index (χ4v) is 4.09. The topological polar surface area (TPSA) is 19.0 Å². The second-order valence-corrected chi connectivity index (χ2v) is 6.42. The van der Waals surface area contributed by atoms with Crippen molar-refractivity contribution in [2.45, 2.75) is 38.5 Å². The molecule has 4 atom stereocenters. The van der Waals surface area contributed by atoms with Gasteiger partial charge in [-0.05, 0) is 43.9 Å². The van der Waals surface area contributed by atoms with Gasteiger partial charge in [-0.15, -0.1) is 0 Å². The summed E-state index contributed by atoms with van der Waals surface area (Å²) in [6.45, 7) is 5.95. The fourth-order valence-electron chi connectivity index (χ4n) is 4.09. The largest absolute Gasteiger partial charge is 0.270 e. The summed E-state index contributed by atoms with van der Waals surface area (Å²) < 4.78 is 0. The average Bonchev–Trinajstić information content (AvgIpc) is 2.39. The molecule has 4 heteroatoms. The minimum absolute atomic E-state index is 0.838. The molecule has 4 aliphatic heterocycles. The van der Waals surface area contributed by atoms with Crippen LogP contribution in [-0.4, -0.2) is 47.8 Å². The van der Waals surface area contributed by atoms with E-state index in [1.807, 2.05) is 0 Å².